The van der Waals surface area contributed by atoms with Gasteiger partial charge in [-0.25, -0.2) is 0 Å². The Hall–Kier alpha value is -1.69. The highest BCUT2D eigenvalue weighted by atomic mass is 19.3. The van der Waals surface area contributed by atoms with Crippen LogP contribution in [0, 0.1) is 0 Å². The van der Waals surface area contributed by atoms with Crippen molar-refractivity contribution in [1.29, 1.82) is 0 Å². The number of alkyl halides is 2. The van der Waals surface area contributed by atoms with Crippen molar-refractivity contribution in [3.63, 3.8) is 0 Å². The number of halogens is 2. The van der Waals surface area contributed by atoms with Gasteiger partial charge >= 0.3 is 12.6 Å². The van der Waals surface area contributed by atoms with Crippen LogP contribution in [0.5, 0.6) is 5.75 Å². The van der Waals surface area contributed by atoms with Crippen molar-refractivity contribution >= 4 is 5.97 Å². The van der Waals surface area contributed by atoms with E-state index in [2.05, 4.69) is 4.74 Å². The molecule has 0 heterocycles. The molecule has 4 nitrogen and oxygen atoms in total. The molecule has 0 unspecified atom stereocenters. The fourth-order valence-corrected chi connectivity index (χ4v) is 2.71. The van der Waals surface area contributed by atoms with E-state index >= 15 is 0 Å². The smallest absolute Gasteiger partial charge is 0.387 e. The van der Waals surface area contributed by atoms with E-state index < -0.39 is 18.0 Å². The van der Waals surface area contributed by atoms with Crippen LogP contribution in [0.25, 0.3) is 0 Å². The van der Waals surface area contributed by atoms with Crippen molar-refractivity contribution < 1.29 is 23.4 Å². The van der Waals surface area contributed by atoms with E-state index in [9.17, 15) is 18.7 Å². The summed E-state index contributed by atoms with van der Waals surface area (Å²) in [6.45, 7) is -2.89. The largest absolute Gasteiger partial charge is 0.481 e. The molecular formula is C14H17F2NO3. The normalized spacial score (nSPS) is 26.5. The monoisotopic (exact) mass is 285 g/mol. The van der Waals surface area contributed by atoms with Gasteiger partial charge in [-0.05, 0) is 43.4 Å². The zero-order valence-corrected chi connectivity index (χ0v) is 10.9. The summed E-state index contributed by atoms with van der Waals surface area (Å²) in [6, 6.07) is 5.87. The number of hydrogen-bond acceptors (Lipinski definition) is 3. The van der Waals surface area contributed by atoms with E-state index in [1.165, 1.54) is 12.1 Å². The molecule has 0 bridgehead atoms. The van der Waals surface area contributed by atoms with E-state index in [1.54, 1.807) is 12.1 Å². The number of carbonyl (C=O) groups is 1. The van der Waals surface area contributed by atoms with Crippen molar-refractivity contribution in [2.45, 2.75) is 43.8 Å². The minimum Gasteiger partial charge on any atom is -0.481 e. The quantitative estimate of drug-likeness (QED) is 0.891. The van der Waals surface area contributed by atoms with Gasteiger partial charge < -0.3 is 15.6 Å². The topological polar surface area (TPSA) is 72.6 Å². The maximum atomic E-state index is 12.1. The molecule has 0 amide bonds. The van der Waals surface area contributed by atoms with E-state index in [0.29, 0.717) is 31.2 Å². The van der Waals surface area contributed by atoms with E-state index in [1.807, 2.05) is 0 Å². The Bertz CT molecular complexity index is 468. The van der Waals surface area contributed by atoms with Gasteiger partial charge in [0.1, 0.15) is 5.75 Å². The SMILES string of the molecule is NC1CCC(C(=O)O)(c2ccc(OC(F)F)cc2)CC1. The molecule has 3 N–H and O–H groups in total. The lowest BCUT2D eigenvalue weighted by atomic mass is 9.68. The van der Waals surface area contributed by atoms with Crippen molar-refractivity contribution in [2.24, 2.45) is 5.73 Å². The third-order valence-corrected chi connectivity index (χ3v) is 3.93. The van der Waals surface area contributed by atoms with Crippen LogP contribution in [0.1, 0.15) is 31.2 Å². The maximum absolute atomic E-state index is 12.1. The number of benzene rings is 1. The molecule has 0 aromatic heterocycles. The fourth-order valence-electron chi connectivity index (χ4n) is 2.71. The van der Waals surface area contributed by atoms with Crippen molar-refractivity contribution in [3.05, 3.63) is 29.8 Å². The average Bonchev–Trinajstić information content (AvgIpc) is 2.40. The maximum Gasteiger partial charge on any atom is 0.387 e. The van der Waals surface area contributed by atoms with Crippen molar-refractivity contribution in [1.82, 2.24) is 0 Å². The average molecular weight is 285 g/mol. The fraction of sp³-hybridized carbons (Fsp3) is 0.500. The zero-order chi connectivity index (χ0) is 14.8. The summed E-state index contributed by atoms with van der Waals surface area (Å²) in [4.78, 5) is 11.7. The highest BCUT2D eigenvalue weighted by Gasteiger charge is 2.42. The van der Waals surface area contributed by atoms with Crippen LogP contribution in [-0.2, 0) is 10.2 Å². The third kappa shape index (κ3) is 2.90. The second-order valence-electron chi connectivity index (χ2n) is 5.13. The van der Waals surface area contributed by atoms with Gasteiger partial charge in [-0.3, -0.25) is 4.79 Å². The van der Waals surface area contributed by atoms with Gasteiger partial charge in [0.15, 0.2) is 0 Å². The molecule has 0 spiro atoms. The molecule has 1 aromatic rings. The number of carboxylic acids is 1. The zero-order valence-electron chi connectivity index (χ0n) is 10.9. The number of rotatable bonds is 4. The molecular weight excluding hydrogens is 268 g/mol. The molecule has 0 radical (unpaired) electrons. The molecule has 0 aliphatic heterocycles. The highest BCUT2D eigenvalue weighted by molar-refractivity contribution is 5.81. The summed E-state index contributed by atoms with van der Waals surface area (Å²) < 4.78 is 28.5. The van der Waals surface area contributed by atoms with Crippen LogP contribution >= 0.6 is 0 Å². The predicted octanol–water partition coefficient (Wildman–Crippen LogP) is 2.51. The van der Waals surface area contributed by atoms with Gasteiger partial charge in [0.2, 0.25) is 0 Å². The number of hydrogen-bond donors (Lipinski definition) is 2. The van der Waals surface area contributed by atoms with Gasteiger partial charge in [0.25, 0.3) is 0 Å². The Balaban J connectivity index is 2.24. The number of carboxylic acid groups (broad SMARTS) is 1. The number of ether oxygens (including phenoxy) is 1. The lowest BCUT2D eigenvalue weighted by molar-refractivity contribution is -0.145. The second-order valence-corrected chi connectivity index (χ2v) is 5.13. The van der Waals surface area contributed by atoms with Crippen LogP contribution in [0.3, 0.4) is 0 Å². The van der Waals surface area contributed by atoms with Crippen LogP contribution < -0.4 is 10.5 Å². The molecule has 1 fully saturated rings. The van der Waals surface area contributed by atoms with Crippen LogP contribution in [0.2, 0.25) is 0 Å². The predicted molar refractivity (Wildman–Crippen MR) is 68.8 cm³/mol. The minimum absolute atomic E-state index is 0.0248. The van der Waals surface area contributed by atoms with E-state index in [4.69, 9.17) is 5.73 Å². The summed E-state index contributed by atoms with van der Waals surface area (Å²) in [5.74, 6) is -0.872. The first kappa shape index (κ1) is 14.7. The first-order chi connectivity index (χ1) is 9.44. The van der Waals surface area contributed by atoms with E-state index in [0.717, 1.165) is 0 Å². The molecule has 1 aromatic carbocycles. The Morgan fingerprint density at radius 3 is 2.30 bits per heavy atom. The lowest BCUT2D eigenvalue weighted by Gasteiger charge is -2.36. The second kappa shape index (κ2) is 5.75. The van der Waals surface area contributed by atoms with Crippen molar-refractivity contribution in [2.75, 3.05) is 0 Å². The molecule has 0 atom stereocenters. The first-order valence-corrected chi connectivity index (χ1v) is 6.48. The third-order valence-electron chi connectivity index (χ3n) is 3.93. The Morgan fingerprint density at radius 1 is 1.30 bits per heavy atom. The van der Waals surface area contributed by atoms with Gasteiger partial charge in [0, 0.05) is 6.04 Å². The van der Waals surface area contributed by atoms with Gasteiger partial charge in [-0.15, -0.1) is 0 Å². The first-order valence-electron chi connectivity index (χ1n) is 6.48. The molecule has 20 heavy (non-hydrogen) atoms. The van der Waals surface area contributed by atoms with Gasteiger partial charge in [-0.1, -0.05) is 12.1 Å². The summed E-state index contributed by atoms with van der Waals surface area (Å²) in [5, 5.41) is 9.55. The number of aliphatic carboxylic acids is 1. The Morgan fingerprint density at radius 2 is 1.85 bits per heavy atom. The van der Waals surface area contributed by atoms with Crippen LogP contribution in [0.4, 0.5) is 8.78 Å². The van der Waals surface area contributed by atoms with E-state index in [-0.39, 0.29) is 11.8 Å². The molecule has 1 saturated carbocycles. The summed E-state index contributed by atoms with van der Waals surface area (Å²) in [6.07, 6.45) is 2.19. The highest BCUT2D eigenvalue weighted by Crippen LogP contribution is 2.40. The molecule has 6 heteroatoms. The molecule has 1 aliphatic carbocycles. The van der Waals surface area contributed by atoms with Gasteiger partial charge in [0.05, 0.1) is 5.41 Å². The summed E-state index contributed by atoms with van der Waals surface area (Å²) in [5.41, 5.74) is 5.45. The number of nitrogens with two attached hydrogens (primary N) is 1. The van der Waals surface area contributed by atoms with Crippen LogP contribution in [-0.4, -0.2) is 23.7 Å². The lowest BCUT2D eigenvalue weighted by Crippen LogP contribution is -2.42. The Kier molecular flexibility index (Phi) is 4.23. The molecule has 1 aliphatic rings. The molecule has 2 rings (SSSR count). The molecule has 0 saturated heterocycles. The van der Waals surface area contributed by atoms with Gasteiger partial charge in [-0.2, -0.15) is 8.78 Å². The summed E-state index contributed by atoms with van der Waals surface area (Å²) >= 11 is 0. The molecule has 110 valence electrons. The van der Waals surface area contributed by atoms with Crippen LogP contribution in [0.15, 0.2) is 24.3 Å². The minimum atomic E-state index is -2.89. The van der Waals surface area contributed by atoms with Crippen molar-refractivity contribution in [3.8, 4) is 5.75 Å². The Labute approximate surface area is 115 Å². The standard InChI is InChI=1S/C14H17F2NO3/c15-13(16)20-11-3-1-9(2-4-11)14(12(18)19)7-5-10(17)6-8-14/h1-4,10,13H,5-8,17H2,(H,18,19). The summed E-state index contributed by atoms with van der Waals surface area (Å²) in [7, 11) is 0.